The van der Waals surface area contributed by atoms with Gasteiger partial charge in [0.25, 0.3) is 0 Å². The van der Waals surface area contributed by atoms with Crippen LogP contribution < -0.4 is 0 Å². The number of aryl methyl sites for hydroxylation is 4. The van der Waals surface area contributed by atoms with E-state index in [2.05, 4.69) is 127 Å². The zero-order valence-corrected chi connectivity index (χ0v) is 27.4. The molecule has 0 radical (unpaired) electrons. The molecular weight excluding hydrogens is 549 g/mol. The van der Waals surface area contributed by atoms with Crippen LogP contribution in [-0.2, 0) is 10.8 Å². The van der Waals surface area contributed by atoms with Crippen LogP contribution in [0.1, 0.15) is 75.5 Å². The van der Waals surface area contributed by atoms with Crippen molar-refractivity contribution in [3.05, 3.63) is 142 Å². The highest BCUT2D eigenvalue weighted by atomic mass is 32.2. The standard InChI is InChI=1S/C21H24S.C18H18OS/c1-5-6-19-18-12-9-16(3)13-20(18)22-14-21(19,4)17-10-7-15(2)8-11-17;1-12-4-7-14(8-5-12)18(3)11-20-16-10-13(2)6-9-15(16)17(18)19/h5,7-13,19H,1,6,14H2,2-4H3;4-10H,11H2,1-3H3/t19-,21-;18-/m00/s1. The molecule has 0 spiro atoms. The number of ketones is 1. The molecule has 0 amide bonds. The molecule has 4 aromatic carbocycles. The molecule has 3 heteroatoms. The van der Waals surface area contributed by atoms with Gasteiger partial charge in [0, 0.05) is 32.3 Å². The summed E-state index contributed by atoms with van der Waals surface area (Å²) in [7, 11) is 0. The molecule has 4 aromatic rings. The maximum absolute atomic E-state index is 12.9. The second-order valence-corrected chi connectivity index (χ2v) is 14.5. The summed E-state index contributed by atoms with van der Waals surface area (Å²) >= 11 is 3.80. The van der Waals surface area contributed by atoms with E-state index in [4.69, 9.17) is 0 Å². The number of thioether (sulfide) groups is 2. The molecule has 2 heterocycles. The van der Waals surface area contributed by atoms with Crippen LogP contribution in [0.3, 0.4) is 0 Å². The van der Waals surface area contributed by atoms with Gasteiger partial charge in [0.2, 0.25) is 0 Å². The van der Waals surface area contributed by atoms with Crippen molar-refractivity contribution >= 4 is 29.3 Å². The highest BCUT2D eigenvalue weighted by Crippen LogP contribution is 2.51. The number of Topliss-reactive ketones (excluding diaryl/α,β-unsaturated/α-hetero) is 1. The summed E-state index contributed by atoms with van der Waals surface area (Å²) in [5, 5.41) is 0. The third-order valence-electron chi connectivity index (χ3n) is 9.04. The van der Waals surface area contributed by atoms with Crippen molar-refractivity contribution in [2.45, 2.75) is 74.5 Å². The van der Waals surface area contributed by atoms with Gasteiger partial charge in [0.15, 0.2) is 5.78 Å². The molecule has 0 aromatic heterocycles. The lowest BCUT2D eigenvalue weighted by Gasteiger charge is -2.42. The predicted octanol–water partition coefficient (Wildman–Crippen LogP) is 10.6. The van der Waals surface area contributed by atoms with Crippen molar-refractivity contribution in [3.8, 4) is 0 Å². The molecule has 42 heavy (non-hydrogen) atoms. The predicted molar refractivity (Wildman–Crippen MR) is 183 cm³/mol. The summed E-state index contributed by atoms with van der Waals surface area (Å²) in [6, 6.07) is 30.5. The molecule has 1 nitrogen and oxygen atoms in total. The molecule has 0 saturated carbocycles. The molecule has 0 unspecified atom stereocenters. The first kappa shape index (κ1) is 30.4. The van der Waals surface area contributed by atoms with E-state index in [1.807, 2.05) is 23.9 Å². The summed E-state index contributed by atoms with van der Waals surface area (Å²) in [6.07, 6.45) is 3.11. The van der Waals surface area contributed by atoms with Crippen LogP contribution in [0.4, 0.5) is 0 Å². The number of benzene rings is 4. The largest absolute Gasteiger partial charge is 0.293 e. The van der Waals surface area contributed by atoms with E-state index >= 15 is 0 Å². The van der Waals surface area contributed by atoms with E-state index < -0.39 is 5.41 Å². The average molecular weight is 591 g/mol. The Hall–Kier alpha value is -3.01. The zero-order chi connectivity index (χ0) is 30.1. The smallest absolute Gasteiger partial charge is 0.175 e. The number of allylic oxidation sites excluding steroid dienone is 1. The number of hydrogen-bond acceptors (Lipinski definition) is 3. The second-order valence-electron chi connectivity index (χ2n) is 12.5. The minimum Gasteiger partial charge on any atom is -0.293 e. The molecular formula is C39H42OS2. The molecule has 2 aliphatic heterocycles. The Labute approximate surface area is 261 Å². The van der Waals surface area contributed by atoms with Crippen molar-refractivity contribution in [3.63, 3.8) is 0 Å². The highest BCUT2D eigenvalue weighted by Gasteiger charge is 2.41. The lowest BCUT2D eigenvalue weighted by Crippen LogP contribution is -2.38. The first-order valence-electron chi connectivity index (χ1n) is 14.8. The molecule has 0 aliphatic carbocycles. The van der Waals surface area contributed by atoms with Gasteiger partial charge in [-0.2, -0.15) is 0 Å². The first-order valence-corrected chi connectivity index (χ1v) is 16.8. The van der Waals surface area contributed by atoms with Crippen LogP contribution in [0.25, 0.3) is 0 Å². The Balaban J connectivity index is 0.000000169. The normalized spacial score (nSPS) is 22.8. The summed E-state index contributed by atoms with van der Waals surface area (Å²) in [4.78, 5) is 15.5. The third kappa shape index (κ3) is 5.92. The molecule has 6 rings (SSSR count). The van der Waals surface area contributed by atoms with E-state index in [1.54, 1.807) is 11.8 Å². The molecule has 0 fully saturated rings. The summed E-state index contributed by atoms with van der Waals surface area (Å²) in [5.74, 6) is 2.69. The SMILES string of the molecule is C=CC[C@H]1c2ccc(C)cc2SC[C@@]1(C)c1ccc(C)cc1.Cc1ccc([C@]2(C)CSc3cc(C)ccc3C2=O)cc1. The van der Waals surface area contributed by atoms with Crippen LogP contribution in [0.2, 0.25) is 0 Å². The molecule has 0 saturated heterocycles. The van der Waals surface area contributed by atoms with Crippen molar-refractivity contribution in [1.82, 2.24) is 0 Å². The molecule has 216 valence electrons. The Morgan fingerprint density at radius 1 is 0.714 bits per heavy atom. The topological polar surface area (TPSA) is 17.1 Å². The van der Waals surface area contributed by atoms with E-state index in [-0.39, 0.29) is 11.2 Å². The lowest BCUT2D eigenvalue weighted by molar-refractivity contribution is 0.0906. The third-order valence-corrected chi connectivity index (χ3v) is 11.8. The maximum Gasteiger partial charge on any atom is 0.175 e. The number of hydrogen-bond donors (Lipinski definition) is 0. The second kappa shape index (κ2) is 12.3. The number of carbonyl (C=O) groups excluding carboxylic acids is 1. The number of carbonyl (C=O) groups is 1. The van der Waals surface area contributed by atoms with Crippen LogP contribution in [0.5, 0.6) is 0 Å². The number of fused-ring (bicyclic) bond motifs is 2. The molecule has 0 bridgehead atoms. The lowest BCUT2D eigenvalue weighted by atomic mass is 9.68. The average Bonchev–Trinajstić information content (AvgIpc) is 2.98. The highest BCUT2D eigenvalue weighted by molar-refractivity contribution is 7.99. The number of rotatable bonds is 4. The van der Waals surface area contributed by atoms with Crippen LogP contribution in [0, 0.1) is 27.7 Å². The van der Waals surface area contributed by atoms with E-state index in [1.165, 1.54) is 38.3 Å². The van der Waals surface area contributed by atoms with E-state index in [9.17, 15) is 4.79 Å². The Kier molecular flexibility index (Phi) is 8.92. The van der Waals surface area contributed by atoms with Crippen molar-refractivity contribution < 1.29 is 4.79 Å². The van der Waals surface area contributed by atoms with Gasteiger partial charge in [-0.15, -0.1) is 30.1 Å². The van der Waals surface area contributed by atoms with E-state index in [0.29, 0.717) is 5.92 Å². The van der Waals surface area contributed by atoms with Gasteiger partial charge < -0.3 is 0 Å². The monoisotopic (exact) mass is 590 g/mol. The maximum atomic E-state index is 12.9. The van der Waals surface area contributed by atoms with Crippen LogP contribution >= 0.6 is 23.5 Å². The molecule has 0 N–H and O–H groups in total. The fourth-order valence-electron chi connectivity index (χ4n) is 6.16. The van der Waals surface area contributed by atoms with Gasteiger partial charge in [0.1, 0.15) is 0 Å². The van der Waals surface area contributed by atoms with Crippen LogP contribution in [0.15, 0.2) is 107 Å². The van der Waals surface area contributed by atoms with Gasteiger partial charge in [-0.25, -0.2) is 0 Å². The minimum absolute atomic E-state index is 0.162. The fraction of sp³-hybridized carbons (Fsp3) is 0.308. The van der Waals surface area contributed by atoms with Gasteiger partial charge >= 0.3 is 0 Å². The van der Waals surface area contributed by atoms with Gasteiger partial charge in [-0.1, -0.05) is 96.4 Å². The zero-order valence-electron chi connectivity index (χ0n) is 25.8. The van der Waals surface area contributed by atoms with Gasteiger partial charge in [-0.3, -0.25) is 4.79 Å². The summed E-state index contributed by atoms with van der Waals surface area (Å²) < 4.78 is 0. The Bertz CT molecular complexity index is 1600. The fourth-order valence-corrected chi connectivity index (χ4v) is 8.95. The van der Waals surface area contributed by atoms with Crippen molar-refractivity contribution in [2.24, 2.45) is 0 Å². The van der Waals surface area contributed by atoms with Crippen LogP contribution in [-0.4, -0.2) is 17.3 Å². The first-order chi connectivity index (χ1) is 20.0. The van der Waals surface area contributed by atoms with Gasteiger partial charge in [-0.05, 0) is 87.4 Å². The van der Waals surface area contributed by atoms with E-state index in [0.717, 1.165) is 33.9 Å². The quantitative estimate of drug-likeness (QED) is 0.220. The Morgan fingerprint density at radius 3 is 1.86 bits per heavy atom. The summed E-state index contributed by atoms with van der Waals surface area (Å²) in [5.41, 5.74) is 9.78. The molecule has 2 aliphatic rings. The van der Waals surface area contributed by atoms with Crippen molar-refractivity contribution in [2.75, 3.05) is 11.5 Å². The minimum atomic E-state index is -0.416. The molecule has 3 atom stereocenters. The van der Waals surface area contributed by atoms with Crippen molar-refractivity contribution in [1.29, 1.82) is 0 Å². The van der Waals surface area contributed by atoms with Gasteiger partial charge in [0.05, 0.1) is 5.41 Å². The summed E-state index contributed by atoms with van der Waals surface area (Å²) in [6.45, 7) is 17.0. The Morgan fingerprint density at radius 2 is 1.24 bits per heavy atom.